The summed E-state index contributed by atoms with van der Waals surface area (Å²) in [6.45, 7) is 3.39. The summed E-state index contributed by atoms with van der Waals surface area (Å²) in [6.07, 6.45) is 2.40. The van der Waals surface area contributed by atoms with Gasteiger partial charge in [-0.05, 0) is 30.9 Å². The Labute approximate surface area is 130 Å². The molecule has 1 aromatic heterocycles. The minimum Gasteiger partial charge on any atom is -0.395 e. The zero-order chi connectivity index (χ0) is 15.4. The fourth-order valence-electron chi connectivity index (χ4n) is 2.39. The third-order valence-electron chi connectivity index (χ3n) is 3.86. The molecule has 0 amide bonds. The average molecular weight is 298 g/mol. The Morgan fingerprint density at radius 1 is 1.18 bits per heavy atom. The Hall–Kier alpha value is -2.14. The second kappa shape index (κ2) is 6.75. The van der Waals surface area contributed by atoms with Crippen molar-refractivity contribution in [2.75, 3.05) is 23.8 Å². The van der Waals surface area contributed by atoms with Crippen molar-refractivity contribution < 1.29 is 5.11 Å². The SMILES string of the molecule is Cc1ccccc1CNc1cc(C2CC2)nc(NCCO)n1. The summed E-state index contributed by atoms with van der Waals surface area (Å²) >= 11 is 0. The second-order valence-corrected chi connectivity index (χ2v) is 5.71. The van der Waals surface area contributed by atoms with E-state index < -0.39 is 0 Å². The van der Waals surface area contributed by atoms with Gasteiger partial charge in [-0.1, -0.05) is 24.3 Å². The van der Waals surface area contributed by atoms with Gasteiger partial charge >= 0.3 is 0 Å². The average Bonchev–Trinajstić information content (AvgIpc) is 3.37. The normalized spacial score (nSPS) is 13.9. The molecule has 1 aromatic carbocycles. The molecule has 0 spiro atoms. The third-order valence-corrected chi connectivity index (χ3v) is 3.86. The predicted octanol–water partition coefficient (Wildman–Crippen LogP) is 2.68. The number of benzene rings is 1. The number of anilines is 2. The quantitative estimate of drug-likeness (QED) is 0.733. The monoisotopic (exact) mass is 298 g/mol. The molecule has 1 saturated carbocycles. The molecule has 1 aliphatic carbocycles. The van der Waals surface area contributed by atoms with Gasteiger partial charge in [-0.2, -0.15) is 4.98 Å². The van der Waals surface area contributed by atoms with E-state index >= 15 is 0 Å². The lowest BCUT2D eigenvalue weighted by molar-refractivity contribution is 0.311. The maximum atomic E-state index is 8.94. The Bertz CT molecular complexity index is 640. The van der Waals surface area contributed by atoms with Crippen molar-refractivity contribution in [1.29, 1.82) is 0 Å². The first-order chi connectivity index (χ1) is 10.8. The Morgan fingerprint density at radius 2 is 2.00 bits per heavy atom. The van der Waals surface area contributed by atoms with E-state index in [0.29, 0.717) is 18.4 Å². The van der Waals surface area contributed by atoms with E-state index in [1.54, 1.807) is 0 Å². The van der Waals surface area contributed by atoms with Gasteiger partial charge in [0.25, 0.3) is 0 Å². The van der Waals surface area contributed by atoms with Gasteiger partial charge in [0.05, 0.1) is 12.3 Å². The number of aliphatic hydroxyl groups excluding tert-OH is 1. The fraction of sp³-hybridized carbons (Fsp3) is 0.412. The van der Waals surface area contributed by atoms with Gasteiger partial charge in [-0.25, -0.2) is 4.98 Å². The Morgan fingerprint density at radius 3 is 2.73 bits per heavy atom. The number of aliphatic hydroxyl groups is 1. The van der Waals surface area contributed by atoms with E-state index in [2.05, 4.69) is 39.7 Å². The maximum Gasteiger partial charge on any atom is 0.224 e. The van der Waals surface area contributed by atoms with Crippen molar-refractivity contribution in [2.45, 2.75) is 32.2 Å². The minimum absolute atomic E-state index is 0.0724. The van der Waals surface area contributed by atoms with E-state index in [9.17, 15) is 0 Å². The molecule has 0 aliphatic heterocycles. The molecule has 2 aromatic rings. The number of aromatic nitrogens is 2. The minimum atomic E-state index is 0.0724. The number of hydrogen-bond acceptors (Lipinski definition) is 5. The summed E-state index contributed by atoms with van der Waals surface area (Å²) in [5, 5.41) is 15.4. The van der Waals surface area contributed by atoms with E-state index in [1.165, 1.54) is 24.0 Å². The molecule has 22 heavy (non-hydrogen) atoms. The van der Waals surface area contributed by atoms with Crippen LogP contribution in [0.5, 0.6) is 0 Å². The smallest absolute Gasteiger partial charge is 0.224 e. The van der Waals surface area contributed by atoms with Crippen LogP contribution < -0.4 is 10.6 Å². The number of aryl methyl sites for hydroxylation is 1. The number of nitrogens with zero attached hydrogens (tertiary/aromatic N) is 2. The predicted molar refractivity (Wildman–Crippen MR) is 88.1 cm³/mol. The third kappa shape index (κ3) is 3.74. The van der Waals surface area contributed by atoms with Crippen LogP contribution in [0.1, 0.15) is 35.6 Å². The van der Waals surface area contributed by atoms with E-state index in [-0.39, 0.29) is 6.61 Å². The molecule has 5 heteroatoms. The first-order valence-corrected chi connectivity index (χ1v) is 7.78. The van der Waals surface area contributed by atoms with Gasteiger partial charge in [-0.15, -0.1) is 0 Å². The van der Waals surface area contributed by atoms with Crippen molar-refractivity contribution in [3.8, 4) is 0 Å². The van der Waals surface area contributed by atoms with Crippen molar-refractivity contribution in [1.82, 2.24) is 9.97 Å². The molecule has 0 radical (unpaired) electrons. The number of rotatable bonds is 7. The maximum absolute atomic E-state index is 8.94. The Kier molecular flexibility index (Phi) is 4.53. The summed E-state index contributed by atoms with van der Waals surface area (Å²) in [4.78, 5) is 9.01. The highest BCUT2D eigenvalue weighted by Gasteiger charge is 2.26. The molecule has 0 atom stereocenters. The Balaban J connectivity index is 1.74. The molecule has 3 N–H and O–H groups in total. The zero-order valence-electron chi connectivity index (χ0n) is 12.8. The molecule has 5 nitrogen and oxygen atoms in total. The van der Waals surface area contributed by atoms with E-state index in [1.807, 2.05) is 18.2 Å². The largest absolute Gasteiger partial charge is 0.395 e. The summed E-state index contributed by atoms with van der Waals surface area (Å²) in [6, 6.07) is 10.4. The summed E-state index contributed by atoms with van der Waals surface area (Å²) in [5.74, 6) is 1.99. The first-order valence-electron chi connectivity index (χ1n) is 7.78. The van der Waals surface area contributed by atoms with Crippen LogP contribution in [0, 0.1) is 6.92 Å². The van der Waals surface area contributed by atoms with Gasteiger partial charge in [0, 0.05) is 25.1 Å². The summed E-state index contributed by atoms with van der Waals surface area (Å²) < 4.78 is 0. The zero-order valence-corrected chi connectivity index (χ0v) is 12.8. The molecule has 116 valence electrons. The summed E-state index contributed by atoms with van der Waals surface area (Å²) in [5.41, 5.74) is 3.62. The van der Waals surface area contributed by atoms with Crippen LogP contribution in [0.4, 0.5) is 11.8 Å². The van der Waals surface area contributed by atoms with Gasteiger partial charge in [0.15, 0.2) is 0 Å². The molecular weight excluding hydrogens is 276 g/mol. The second-order valence-electron chi connectivity index (χ2n) is 5.71. The lowest BCUT2D eigenvalue weighted by atomic mass is 10.1. The van der Waals surface area contributed by atoms with Gasteiger partial charge < -0.3 is 15.7 Å². The van der Waals surface area contributed by atoms with E-state index in [4.69, 9.17) is 5.11 Å². The summed E-state index contributed by atoms with van der Waals surface area (Å²) in [7, 11) is 0. The number of nitrogens with one attached hydrogen (secondary N) is 2. The van der Waals surface area contributed by atoms with Crippen LogP contribution in [-0.2, 0) is 6.54 Å². The molecule has 1 fully saturated rings. The highest BCUT2D eigenvalue weighted by Crippen LogP contribution is 2.39. The van der Waals surface area contributed by atoms with Crippen molar-refractivity contribution in [2.24, 2.45) is 0 Å². The van der Waals surface area contributed by atoms with Gasteiger partial charge in [0.1, 0.15) is 5.82 Å². The molecule has 3 rings (SSSR count). The molecule has 0 unspecified atom stereocenters. The van der Waals surface area contributed by atoms with Gasteiger partial charge in [0.2, 0.25) is 5.95 Å². The van der Waals surface area contributed by atoms with Crippen molar-refractivity contribution >= 4 is 11.8 Å². The standard InChI is InChI=1S/C17H22N4O/c1-12-4-2-3-5-14(12)11-19-16-10-15(13-6-7-13)20-17(21-16)18-8-9-22/h2-5,10,13,22H,6-9,11H2,1H3,(H2,18,19,20,21). The van der Waals surface area contributed by atoms with Crippen LogP contribution in [0.2, 0.25) is 0 Å². The van der Waals surface area contributed by atoms with Crippen LogP contribution in [0.15, 0.2) is 30.3 Å². The van der Waals surface area contributed by atoms with Crippen molar-refractivity contribution in [3.63, 3.8) is 0 Å². The fourth-order valence-corrected chi connectivity index (χ4v) is 2.39. The van der Waals surface area contributed by atoms with Crippen molar-refractivity contribution in [3.05, 3.63) is 47.2 Å². The highest BCUT2D eigenvalue weighted by molar-refractivity contribution is 5.45. The van der Waals surface area contributed by atoms with Crippen LogP contribution in [0.3, 0.4) is 0 Å². The molecule has 0 saturated heterocycles. The van der Waals surface area contributed by atoms with Crippen LogP contribution >= 0.6 is 0 Å². The highest BCUT2D eigenvalue weighted by atomic mass is 16.3. The number of hydrogen-bond donors (Lipinski definition) is 3. The van der Waals surface area contributed by atoms with Crippen LogP contribution in [-0.4, -0.2) is 28.2 Å². The topological polar surface area (TPSA) is 70.1 Å². The molecular formula is C17H22N4O. The molecule has 1 aliphatic rings. The first kappa shape index (κ1) is 14.8. The lowest BCUT2D eigenvalue weighted by Crippen LogP contribution is -2.11. The lowest BCUT2D eigenvalue weighted by Gasteiger charge is -2.11. The van der Waals surface area contributed by atoms with E-state index in [0.717, 1.165) is 18.1 Å². The molecule has 0 bridgehead atoms. The van der Waals surface area contributed by atoms with Gasteiger partial charge in [-0.3, -0.25) is 0 Å². The molecule has 1 heterocycles. The van der Waals surface area contributed by atoms with Crippen LogP contribution in [0.25, 0.3) is 0 Å².